The van der Waals surface area contributed by atoms with E-state index in [0.29, 0.717) is 19.3 Å². The highest BCUT2D eigenvalue weighted by atomic mass is 16.6. The van der Waals surface area contributed by atoms with Crippen molar-refractivity contribution in [3.8, 4) is 0 Å². The number of carbonyl (C=O) groups is 3. The quantitative estimate of drug-likeness (QED) is 0.0261. The number of hydrogen-bond acceptors (Lipinski definition) is 6. The Morgan fingerprint density at radius 1 is 0.256 bits per heavy atom. The summed E-state index contributed by atoms with van der Waals surface area (Å²) in [6, 6.07) is 0. The lowest BCUT2D eigenvalue weighted by Gasteiger charge is -2.18. The van der Waals surface area contributed by atoms with Crippen LogP contribution in [0.3, 0.4) is 0 Å². The Hall–Kier alpha value is -4.97. The van der Waals surface area contributed by atoms with E-state index in [9.17, 15) is 14.4 Å². The second kappa shape index (κ2) is 68.5. The van der Waals surface area contributed by atoms with Gasteiger partial charge in [0, 0.05) is 19.3 Å². The van der Waals surface area contributed by atoms with Crippen LogP contribution < -0.4 is 0 Å². The summed E-state index contributed by atoms with van der Waals surface area (Å²) in [7, 11) is 0. The van der Waals surface area contributed by atoms with Crippen molar-refractivity contribution in [2.24, 2.45) is 0 Å². The van der Waals surface area contributed by atoms with Crippen LogP contribution in [0.5, 0.6) is 0 Å². The zero-order valence-corrected chi connectivity index (χ0v) is 52.9. The van der Waals surface area contributed by atoms with E-state index in [1.54, 1.807) is 0 Å². The normalized spacial score (nSPS) is 13.2. The van der Waals surface area contributed by atoms with Gasteiger partial charge >= 0.3 is 17.9 Å². The minimum atomic E-state index is -0.803. The van der Waals surface area contributed by atoms with Crippen LogP contribution in [-0.4, -0.2) is 37.2 Å². The van der Waals surface area contributed by atoms with E-state index in [0.717, 1.165) is 161 Å². The number of rotatable bonds is 59. The van der Waals surface area contributed by atoms with E-state index < -0.39 is 6.10 Å². The lowest BCUT2D eigenvalue weighted by molar-refractivity contribution is -0.167. The molecule has 1 unspecified atom stereocenters. The van der Waals surface area contributed by atoms with E-state index in [4.69, 9.17) is 14.2 Å². The van der Waals surface area contributed by atoms with Crippen LogP contribution in [0.2, 0.25) is 0 Å². The third kappa shape index (κ3) is 65.8. The van der Waals surface area contributed by atoms with Gasteiger partial charge in [-0.2, -0.15) is 0 Å². The summed E-state index contributed by atoms with van der Waals surface area (Å²) >= 11 is 0. The second-order valence-corrected chi connectivity index (χ2v) is 21.6. The predicted molar refractivity (Wildman–Crippen MR) is 357 cm³/mol. The predicted octanol–water partition coefficient (Wildman–Crippen LogP) is 23.3. The van der Waals surface area contributed by atoms with E-state index in [1.807, 2.05) is 0 Å². The van der Waals surface area contributed by atoms with Gasteiger partial charge in [-0.05, 0) is 148 Å². The fraction of sp³-hybridized carbons (Fsp3) is 0.618. The van der Waals surface area contributed by atoms with Crippen molar-refractivity contribution >= 4 is 17.9 Å². The molecule has 0 spiro atoms. The molecule has 0 N–H and O–H groups in total. The van der Waals surface area contributed by atoms with Gasteiger partial charge in [-0.25, -0.2) is 0 Å². The number of unbranched alkanes of at least 4 members (excludes halogenated alkanes) is 22. The van der Waals surface area contributed by atoms with E-state index in [-0.39, 0.29) is 31.1 Å². The average Bonchev–Trinajstić information content (AvgIpc) is 3.47. The summed E-state index contributed by atoms with van der Waals surface area (Å²) < 4.78 is 16.9. The molecule has 82 heavy (non-hydrogen) atoms. The Balaban J connectivity index is 4.32. The van der Waals surface area contributed by atoms with Crippen molar-refractivity contribution in [2.45, 2.75) is 290 Å². The molecule has 0 radical (unpaired) electrons. The molecule has 462 valence electrons. The van der Waals surface area contributed by atoms with Gasteiger partial charge < -0.3 is 14.2 Å². The smallest absolute Gasteiger partial charge is 0.306 e. The molecule has 6 nitrogen and oxygen atoms in total. The van der Waals surface area contributed by atoms with Gasteiger partial charge in [0.05, 0.1) is 0 Å². The molecule has 0 aliphatic carbocycles. The van der Waals surface area contributed by atoms with Crippen molar-refractivity contribution in [2.75, 3.05) is 13.2 Å². The maximum absolute atomic E-state index is 12.9. The Morgan fingerprint density at radius 3 is 0.793 bits per heavy atom. The van der Waals surface area contributed by atoms with E-state index >= 15 is 0 Å². The molecule has 0 aromatic rings. The molecule has 1 atom stereocenters. The van der Waals surface area contributed by atoms with E-state index in [1.165, 1.54) is 83.5 Å². The Kier molecular flexibility index (Phi) is 64.4. The van der Waals surface area contributed by atoms with Gasteiger partial charge in [0.1, 0.15) is 13.2 Å². The number of allylic oxidation sites excluding steroid dienone is 26. The molecule has 0 aliphatic heterocycles. The maximum atomic E-state index is 12.9. The van der Waals surface area contributed by atoms with Crippen LogP contribution in [0.25, 0.3) is 0 Å². The number of carbonyl (C=O) groups excluding carboxylic acids is 3. The fourth-order valence-corrected chi connectivity index (χ4v) is 8.72. The van der Waals surface area contributed by atoms with Crippen LogP contribution >= 0.6 is 0 Å². The first-order chi connectivity index (χ1) is 40.5. The zero-order chi connectivity index (χ0) is 59.2. The van der Waals surface area contributed by atoms with Crippen LogP contribution in [0.1, 0.15) is 284 Å². The van der Waals surface area contributed by atoms with Crippen molar-refractivity contribution in [3.05, 3.63) is 158 Å². The van der Waals surface area contributed by atoms with Gasteiger partial charge in [-0.15, -0.1) is 0 Å². The highest BCUT2D eigenvalue weighted by molar-refractivity contribution is 5.71. The lowest BCUT2D eigenvalue weighted by Crippen LogP contribution is -2.30. The molecular formula is C76H122O6. The molecule has 6 heteroatoms. The van der Waals surface area contributed by atoms with Crippen LogP contribution in [0.15, 0.2) is 158 Å². The van der Waals surface area contributed by atoms with E-state index in [2.05, 4.69) is 179 Å². The monoisotopic (exact) mass is 1130 g/mol. The van der Waals surface area contributed by atoms with Crippen LogP contribution in [0, 0.1) is 0 Å². The molecule has 0 bridgehead atoms. The highest BCUT2D eigenvalue weighted by Gasteiger charge is 2.19. The number of esters is 3. The Bertz CT molecular complexity index is 1830. The lowest BCUT2D eigenvalue weighted by atomic mass is 10.1. The summed E-state index contributed by atoms with van der Waals surface area (Å²) in [5.41, 5.74) is 0. The maximum Gasteiger partial charge on any atom is 0.306 e. The first kappa shape index (κ1) is 77.0. The molecule has 0 rings (SSSR count). The Labute approximate surface area is 505 Å². The zero-order valence-electron chi connectivity index (χ0n) is 52.9. The van der Waals surface area contributed by atoms with Gasteiger partial charge in [-0.1, -0.05) is 275 Å². The second-order valence-electron chi connectivity index (χ2n) is 21.6. The number of ether oxygens (including phenoxy) is 3. The van der Waals surface area contributed by atoms with Crippen LogP contribution in [0.4, 0.5) is 0 Å². The third-order valence-electron chi connectivity index (χ3n) is 13.7. The van der Waals surface area contributed by atoms with Crippen molar-refractivity contribution in [1.82, 2.24) is 0 Å². The fourth-order valence-electron chi connectivity index (χ4n) is 8.72. The van der Waals surface area contributed by atoms with Gasteiger partial charge in [-0.3, -0.25) is 14.4 Å². The molecule has 0 saturated heterocycles. The largest absolute Gasteiger partial charge is 0.462 e. The number of hydrogen-bond donors (Lipinski definition) is 0. The summed E-state index contributed by atoms with van der Waals surface area (Å²) in [5, 5.41) is 0. The first-order valence-electron chi connectivity index (χ1n) is 33.5. The molecule has 0 aliphatic rings. The molecule has 0 amide bonds. The topological polar surface area (TPSA) is 78.9 Å². The molecule has 0 aromatic carbocycles. The molecule has 0 saturated carbocycles. The minimum absolute atomic E-state index is 0.0985. The SMILES string of the molecule is CC/C=C\C/C=C\C/C=C\C/C=C\C/C=C\C/C=C\C/C=C\C/C=C\C/C=C\C/C=C\CCCCCCC(=O)OCC(COC(=O)CCCCCCC/C=C\CCCC)OC(=O)CCCCCCCCC/C=C\C/C=C\CCCCCC. The molecular weight excluding hydrogens is 1010 g/mol. The summed E-state index contributed by atoms with van der Waals surface area (Å²) in [5.74, 6) is -0.943. The van der Waals surface area contributed by atoms with Crippen LogP contribution in [-0.2, 0) is 28.6 Å². The summed E-state index contributed by atoms with van der Waals surface area (Å²) in [6.07, 6.45) is 99.7. The van der Waals surface area contributed by atoms with Gasteiger partial charge in [0.25, 0.3) is 0 Å². The standard InChI is InChI=1S/C76H122O6/c1-4-7-10-13-16-19-22-24-26-28-30-31-32-33-34-35-36-37-38-39-40-41-42-43-44-45-46-48-49-51-54-57-60-63-66-69-75(78)81-72-73(71-80-74(77)68-65-62-59-56-53-21-18-15-12-9-6-3)82-76(79)70-67-64-61-58-55-52-50-47-29-27-25-23-20-17-14-11-8-5-2/h7,10,15-16,18-20,23-24,26-27,29-31,33-34,36-37,39-40,42-43,45-46,49,51,73H,4-6,8-9,11-14,17,21-22,25,28,32,35,38,41,44,47-48,50,52-72H2,1-3H3/b10-7-,18-15-,19-16-,23-20-,26-24-,29-27-,31-30-,34-33-,37-36-,40-39-,43-42-,46-45-,51-49-. The molecule has 0 aromatic heterocycles. The van der Waals surface area contributed by atoms with Crippen molar-refractivity contribution in [1.29, 1.82) is 0 Å². The highest BCUT2D eigenvalue weighted by Crippen LogP contribution is 2.14. The Morgan fingerprint density at radius 2 is 0.488 bits per heavy atom. The summed E-state index contributed by atoms with van der Waals surface area (Å²) in [6.45, 7) is 6.44. The minimum Gasteiger partial charge on any atom is -0.462 e. The average molecular weight is 1130 g/mol. The van der Waals surface area contributed by atoms with Gasteiger partial charge in [0.2, 0.25) is 0 Å². The molecule has 0 heterocycles. The van der Waals surface area contributed by atoms with Gasteiger partial charge in [0.15, 0.2) is 6.10 Å². The summed E-state index contributed by atoms with van der Waals surface area (Å²) in [4.78, 5) is 38.3. The van der Waals surface area contributed by atoms with Crippen molar-refractivity contribution in [3.63, 3.8) is 0 Å². The third-order valence-corrected chi connectivity index (χ3v) is 13.7. The van der Waals surface area contributed by atoms with Crippen molar-refractivity contribution < 1.29 is 28.6 Å². The molecule has 0 fully saturated rings. The first-order valence-corrected chi connectivity index (χ1v) is 33.5.